The molecule has 0 bridgehead atoms. The molecule has 4 atom stereocenters. The highest BCUT2D eigenvalue weighted by Crippen LogP contribution is 2.51. The first-order valence-electron chi connectivity index (χ1n) is 11.5. The van der Waals surface area contributed by atoms with E-state index < -0.39 is 0 Å². The van der Waals surface area contributed by atoms with E-state index in [1.807, 2.05) is 6.20 Å². The van der Waals surface area contributed by atoms with Gasteiger partial charge >= 0.3 is 0 Å². The van der Waals surface area contributed by atoms with Gasteiger partial charge in [0.1, 0.15) is 5.75 Å². The maximum Gasteiger partial charge on any atom is 0.124 e. The van der Waals surface area contributed by atoms with Crippen LogP contribution < -0.4 is 4.74 Å². The van der Waals surface area contributed by atoms with Gasteiger partial charge in [-0.25, -0.2) is 0 Å². The van der Waals surface area contributed by atoms with Crippen molar-refractivity contribution in [2.75, 3.05) is 20.2 Å². The number of nitrogens with one attached hydrogen (secondary N) is 1. The lowest BCUT2D eigenvalue weighted by molar-refractivity contribution is 0.0312. The number of rotatable bonds is 5. The van der Waals surface area contributed by atoms with Crippen LogP contribution in [0.2, 0.25) is 0 Å². The fraction of sp³-hybridized carbons (Fsp3) is 0.462. The third-order valence-electron chi connectivity index (χ3n) is 7.86. The van der Waals surface area contributed by atoms with Gasteiger partial charge in [-0.05, 0) is 54.5 Å². The van der Waals surface area contributed by atoms with Crippen molar-refractivity contribution >= 4 is 10.9 Å². The minimum atomic E-state index is 0.0959. The summed E-state index contributed by atoms with van der Waals surface area (Å²) in [4.78, 5) is 8.86. The number of hydrogen-bond acceptors (Lipinski definition) is 4. The van der Waals surface area contributed by atoms with Crippen molar-refractivity contribution in [3.63, 3.8) is 0 Å². The van der Waals surface area contributed by atoms with Gasteiger partial charge in [0, 0.05) is 60.4 Å². The lowest BCUT2D eigenvalue weighted by atomic mass is 9.96. The van der Waals surface area contributed by atoms with Crippen LogP contribution in [0, 0.1) is 12.8 Å². The highest BCUT2D eigenvalue weighted by molar-refractivity contribution is 5.88. The molecular weight excluding hydrogens is 386 g/mol. The van der Waals surface area contributed by atoms with Crippen molar-refractivity contribution in [1.82, 2.24) is 14.8 Å². The van der Waals surface area contributed by atoms with Crippen LogP contribution in [-0.2, 0) is 13.2 Å². The lowest BCUT2D eigenvalue weighted by Gasteiger charge is -2.45. The monoisotopic (exact) mass is 417 g/mol. The van der Waals surface area contributed by atoms with Crippen LogP contribution in [0.25, 0.3) is 10.9 Å². The first kappa shape index (κ1) is 19.4. The van der Waals surface area contributed by atoms with Crippen molar-refractivity contribution < 1.29 is 9.84 Å². The zero-order valence-corrected chi connectivity index (χ0v) is 18.3. The second kappa shape index (κ2) is 7.37. The van der Waals surface area contributed by atoms with E-state index in [-0.39, 0.29) is 6.61 Å². The lowest BCUT2D eigenvalue weighted by Crippen LogP contribution is -2.52. The van der Waals surface area contributed by atoms with Crippen molar-refractivity contribution in [2.24, 2.45) is 5.92 Å². The Kier molecular flexibility index (Phi) is 4.60. The molecule has 2 aromatic carbocycles. The summed E-state index contributed by atoms with van der Waals surface area (Å²) in [7, 11) is 1.78. The molecule has 31 heavy (non-hydrogen) atoms. The molecule has 3 aromatic rings. The first-order chi connectivity index (χ1) is 15.2. The summed E-state index contributed by atoms with van der Waals surface area (Å²) in [5.74, 6) is 1.91. The molecule has 0 radical (unpaired) electrons. The van der Waals surface area contributed by atoms with Crippen LogP contribution in [0.5, 0.6) is 5.75 Å². The Balaban J connectivity index is 1.38. The quantitative estimate of drug-likeness (QED) is 0.659. The predicted molar refractivity (Wildman–Crippen MR) is 122 cm³/mol. The standard InChI is InChI=1S/C26H31N3O2/c1-16-9-25(31-2)22(21-7-8-27-26(16)21)13-28-12-20-10-19-11-23(19)29(20)14-24(28)18-5-3-17(15-30)4-6-18/h3-9,19-20,23-24,27,30H,10-15H2,1-2H3/t19-,20+,23+,24-/m0/s1. The number of fused-ring (bicyclic) bond motifs is 4. The summed E-state index contributed by atoms with van der Waals surface area (Å²) in [5.41, 5.74) is 6.02. The molecule has 5 nitrogen and oxygen atoms in total. The summed E-state index contributed by atoms with van der Waals surface area (Å²) in [6.07, 6.45) is 4.78. The van der Waals surface area contributed by atoms with E-state index in [0.29, 0.717) is 12.1 Å². The van der Waals surface area contributed by atoms with Gasteiger partial charge in [-0.15, -0.1) is 0 Å². The Bertz CT molecular complexity index is 1110. The van der Waals surface area contributed by atoms with E-state index in [1.54, 1.807) is 7.11 Å². The van der Waals surface area contributed by atoms with Gasteiger partial charge in [-0.2, -0.15) is 0 Å². The third-order valence-corrected chi connectivity index (χ3v) is 7.86. The molecule has 3 heterocycles. The molecule has 2 saturated heterocycles. The van der Waals surface area contributed by atoms with E-state index in [1.165, 1.54) is 40.4 Å². The van der Waals surface area contributed by atoms with Crippen LogP contribution in [-0.4, -0.2) is 52.2 Å². The Labute approximate surface area is 183 Å². The predicted octanol–water partition coefficient (Wildman–Crippen LogP) is 4.00. The fourth-order valence-electron chi connectivity index (χ4n) is 6.14. The van der Waals surface area contributed by atoms with Crippen LogP contribution in [0.3, 0.4) is 0 Å². The minimum Gasteiger partial charge on any atom is -0.496 e. The number of H-pyrrole nitrogens is 1. The van der Waals surface area contributed by atoms with E-state index in [0.717, 1.165) is 42.9 Å². The average molecular weight is 418 g/mol. The van der Waals surface area contributed by atoms with Crippen LogP contribution >= 0.6 is 0 Å². The Hall–Kier alpha value is -2.34. The summed E-state index contributed by atoms with van der Waals surface area (Å²) >= 11 is 0. The summed E-state index contributed by atoms with van der Waals surface area (Å²) in [6, 6.07) is 14.8. The molecule has 3 fully saturated rings. The SMILES string of the molecule is COc1cc(C)c2[nH]ccc2c1CN1C[C@H]2C[C@H]3C[C@H]3N2C[C@H]1c1ccc(CO)cc1. The van der Waals surface area contributed by atoms with E-state index >= 15 is 0 Å². The molecule has 2 N–H and O–H groups in total. The second-order valence-corrected chi connectivity index (χ2v) is 9.64. The molecule has 6 rings (SSSR count). The molecule has 5 heteroatoms. The first-order valence-corrected chi connectivity index (χ1v) is 11.5. The average Bonchev–Trinajstić information content (AvgIpc) is 3.22. The zero-order valence-electron chi connectivity index (χ0n) is 18.3. The Morgan fingerprint density at radius 1 is 1.13 bits per heavy atom. The zero-order chi connectivity index (χ0) is 21.1. The van der Waals surface area contributed by atoms with Crippen LogP contribution in [0.4, 0.5) is 0 Å². The molecule has 3 aliphatic rings. The maximum atomic E-state index is 9.47. The van der Waals surface area contributed by atoms with Gasteiger partial charge in [0.2, 0.25) is 0 Å². The van der Waals surface area contributed by atoms with Crippen molar-refractivity contribution in [3.05, 3.63) is 64.8 Å². The number of aliphatic hydroxyl groups excluding tert-OH is 1. The Morgan fingerprint density at radius 2 is 1.97 bits per heavy atom. The van der Waals surface area contributed by atoms with Crippen LogP contribution in [0.1, 0.15) is 41.1 Å². The van der Waals surface area contributed by atoms with E-state index in [2.05, 4.69) is 58.1 Å². The van der Waals surface area contributed by atoms with E-state index in [4.69, 9.17) is 4.74 Å². The smallest absolute Gasteiger partial charge is 0.124 e. The number of ether oxygens (including phenoxy) is 1. The van der Waals surface area contributed by atoms with Crippen molar-refractivity contribution in [1.29, 1.82) is 0 Å². The number of methoxy groups -OCH3 is 1. The molecule has 0 unspecified atom stereocenters. The summed E-state index contributed by atoms with van der Waals surface area (Å²) in [6.45, 7) is 5.31. The number of aliphatic hydroxyl groups is 1. The second-order valence-electron chi connectivity index (χ2n) is 9.64. The molecule has 162 valence electrons. The molecule has 1 aliphatic carbocycles. The van der Waals surface area contributed by atoms with Gasteiger partial charge in [-0.3, -0.25) is 9.80 Å². The largest absolute Gasteiger partial charge is 0.496 e. The number of piperidine rings is 1. The highest BCUT2D eigenvalue weighted by Gasteiger charge is 2.54. The molecule has 2 aliphatic heterocycles. The van der Waals surface area contributed by atoms with Gasteiger partial charge in [-0.1, -0.05) is 24.3 Å². The summed E-state index contributed by atoms with van der Waals surface area (Å²) in [5, 5.41) is 10.7. The molecule has 0 spiro atoms. The normalized spacial score (nSPS) is 28.0. The topological polar surface area (TPSA) is 51.7 Å². The highest BCUT2D eigenvalue weighted by atomic mass is 16.5. The molecule has 1 saturated carbocycles. The number of aromatic nitrogens is 1. The number of hydrogen-bond donors (Lipinski definition) is 2. The number of aromatic amines is 1. The Morgan fingerprint density at radius 3 is 2.74 bits per heavy atom. The third kappa shape index (κ3) is 3.18. The van der Waals surface area contributed by atoms with Gasteiger partial charge in [0.05, 0.1) is 13.7 Å². The van der Waals surface area contributed by atoms with Gasteiger partial charge in [0.15, 0.2) is 0 Å². The van der Waals surface area contributed by atoms with Crippen LogP contribution in [0.15, 0.2) is 42.6 Å². The van der Waals surface area contributed by atoms with Gasteiger partial charge < -0.3 is 14.8 Å². The maximum absolute atomic E-state index is 9.47. The number of aryl methyl sites for hydroxylation is 1. The minimum absolute atomic E-state index is 0.0959. The molecular formula is C26H31N3O2. The number of benzene rings is 2. The van der Waals surface area contributed by atoms with Gasteiger partial charge in [0.25, 0.3) is 0 Å². The number of piperazine rings is 1. The van der Waals surface area contributed by atoms with Crippen molar-refractivity contribution in [3.8, 4) is 5.75 Å². The number of nitrogens with zero attached hydrogens (tertiary/aromatic N) is 2. The van der Waals surface area contributed by atoms with E-state index in [9.17, 15) is 5.11 Å². The van der Waals surface area contributed by atoms with Crippen molar-refractivity contribution in [2.45, 2.75) is 51.0 Å². The summed E-state index contributed by atoms with van der Waals surface area (Å²) < 4.78 is 5.85. The molecule has 0 amide bonds. The fourth-order valence-corrected chi connectivity index (χ4v) is 6.14. The molecule has 1 aromatic heterocycles.